The lowest BCUT2D eigenvalue weighted by Crippen LogP contribution is -2.61. The smallest absolute Gasteiger partial charge is 0.110 e. The van der Waals surface area contributed by atoms with Gasteiger partial charge in [0.1, 0.15) is 18.3 Å². The second-order valence-electron chi connectivity index (χ2n) is 3.36. The number of ether oxygens (including phenoxy) is 1. The average Bonchev–Trinajstić information content (AvgIpc) is 2.15. The second kappa shape index (κ2) is 4.34. The quantitative estimate of drug-likeness (QED) is 0.413. The molecule has 1 saturated heterocycles. The van der Waals surface area contributed by atoms with E-state index < -0.39 is 24.4 Å². The molecule has 0 amide bonds. The van der Waals surface area contributed by atoms with E-state index in [2.05, 4.69) is 0 Å². The van der Waals surface area contributed by atoms with E-state index in [1.807, 2.05) is 6.92 Å². The fourth-order valence-electron chi connectivity index (χ4n) is 1.58. The minimum absolute atomic E-state index is 0.296. The third kappa shape index (κ3) is 2.00. The van der Waals surface area contributed by atoms with Crippen LogP contribution in [0.1, 0.15) is 13.3 Å². The number of aliphatic hydroxyl groups excluding tert-OH is 3. The van der Waals surface area contributed by atoms with Crippen molar-refractivity contribution >= 4 is 0 Å². The first-order valence-electron chi connectivity index (χ1n) is 4.49. The Hall–Kier alpha value is -0.200. The van der Waals surface area contributed by atoms with Crippen LogP contribution in [-0.4, -0.2) is 52.4 Å². The van der Waals surface area contributed by atoms with Crippen LogP contribution in [-0.2, 0) is 4.74 Å². The summed E-state index contributed by atoms with van der Waals surface area (Å²) in [4.78, 5) is 0. The van der Waals surface area contributed by atoms with E-state index in [-0.39, 0.29) is 12.7 Å². The molecule has 5 nitrogen and oxygen atoms in total. The van der Waals surface area contributed by atoms with Gasteiger partial charge in [0.15, 0.2) is 0 Å². The second-order valence-corrected chi connectivity index (χ2v) is 3.36. The van der Waals surface area contributed by atoms with E-state index in [1.54, 1.807) is 0 Å². The fourth-order valence-corrected chi connectivity index (χ4v) is 1.58. The van der Waals surface area contributed by atoms with Crippen LogP contribution in [0.25, 0.3) is 0 Å². The number of rotatable bonds is 2. The van der Waals surface area contributed by atoms with Gasteiger partial charge in [-0.3, -0.25) is 0 Å². The summed E-state index contributed by atoms with van der Waals surface area (Å²) >= 11 is 0. The topological polar surface area (TPSA) is 95.9 Å². The molecule has 0 spiro atoms. The molecule has 0 aromatic carbocycles. The first-order chi connectivity index (χ1) is 6.11. The summed E-state index contributed by atoms with van der Waals surface area (Å²) in [5.41, 5.74) is 5.62. The molecule has 0 aromatic heterocycles. The van der Waals surface area contributed by atoms with Gasteiger partial charge in [0, 0.05) is 0 Å². The van der Waals surface area contributed by atoms with E-state index >= 15 is 0 Å². The van der Waals surface area contributed by atoms with Crippen LogP contribution < -0.4 is 5.73 Å². The Balaban J connectivity index is 2.66. The zero-order valence-electron chi connectivity index (χ0n) is 7.63. The van der Waals surface area contributed by atoms with Crippen LogP contribution in [0.5, 0.6) is 0 Å². The molecule has 1 fully saturated rings. The lowest BCUT2D eigenvalue weighted by atomic mass is 9.92. The SMILES string of the molecule is CC[C@H]1OC(CO)[C@@H](O)C(O)C1N. The molecule has 0 radical (unpaired) electrons. The van der Waals surface area contributed by atoms with Crippen molar-refractivity contribution in [3.8, 4) is 0 Å². The van der Waals surface area contributed by atoms with Gasteiger partial charge in [0.25, 0.3) is 0 Å². The van der Waals surface area contributed by atoms with Crippen LogP contribution >= 0.6 is 0 Å². The third-order valence-electron chi connectivity index (χ3n) is 2.49. The fraction of sp³-hybridized carbons (Fsp3) is 1.00. The zero-order valence-corrected chi connectivity index (χ0v) is 7.63. The zero-order chi connectivity index (χ0) is 10.0. The van der Waals surface area contributed by atoms with E-state index in [0.717, 1.165) is 0 Å². The highest BCUT2D eigenvalue weighted by molar-refractivity contribution is 4.93. The molecule has 0 aliphatic carbocycles. The lowest BCUT2D eigenvalue weighted by molar-refractivity contribution is -0.189. The maximum atomic E-state index is 9.48. The molecule has 13 heavy (non-hydrogen) atoms. The van der Waals surface area contributed by atoms with Crippen molar-refractivity contribution < 1.29 is 20.1 Å². The molecule has 5 heteroatoms. The summed E-state index contributed by atoms with van der Waals surface area (Å²) in [6, 6.07) is -0.581. The molecule has 78 valence electrons. The highest BCUT2D eigenvalue weighted by atomic mass is 16.5. The number of nitrogens with two attached hydrogens (primary N) is 1. The highest BCUT2D eigenvalue weighted by Gasteiger charge is 2.41. The summed E-state index contributed by atoms with van der Waals surface area (Å²) in [6.07, 6.45) is -2.48. The maximum absolute atomic E-state index is 9.48. The molecule has 3 unspecified atom stereocenters. The van der Waals surface area contributed by atoms with Gasteiger partial charge in [0.05, 0.1) is 18.8 Å². The summed E-state index contributed by atoms with van der Waals surface area (Å²) in [5, 5.41) is 27.7. The van der Waals surface area contributed by atoms with Crippen LogP contribution in [0.4, 0.5) is 0 Å². The Kier molecular flexibility index (Phi) is 3.63. The first-order valence-corrected chi connectivity index (χ1v) is 4.49. The number of hydrogen-bond donors (Lipinski definition) is 4. The minimum atomic E-state index is -1.09. The Morgan fingerprint density at radius 2 is 1.85 bits per heavy atom. The van der Waals surface area contributed by atoms with Crippen LogP contribution in [0.15, 0.2) is 0 Å². The largest absolute Gasteiger partial charge is 0.394 e. The normalized spacial score (nSPS) is 46.4. The monoisotopic (exact) mass is 191 g/mol. The Labute approximate surface area is 77.1 Å². The molecule has 5 N–H and O–H groups in total. The van der Waals surface area contributed by atoms with Crippen molar-refractivity contribution in [1.82, 2.24) is 0 Å². The molecule has 0 aromatic rings. The summed E-state index contributed by atoms with van der Waals surface area (Å²) < 4.78 is 5.29. The van der Waals surface area contributed by atoms with E-state index in [9.17, 15) is 10.2 Å². The third-order valence-corrected chi connectivity index (χ3v) is 2.49. The number of hydrogen-bond acceptors (Lipinski definition) is 5. The minimum Gasteiger partial charge on any atom is -0.394 e. The highest BCUT2D eigenvalue weighted by Crippen LogP contribution is 2.21. The van der Waals surface area contributed by atoms with Crippen LogP contribution in [0.2, 0.25) is 0 Å². The van der Waals surface area contributed by atoms with E-state index in [0.29, 0.717) is 6.42 Å². The van der Waals surface area contributed by atoms with E-state index in [1.165, 1.54) is 0 Å². The van der Waals surface area contributed by atoms with Gasteiger partial charge in [0.2, 0.25) is 0 Å². The molecule has 1 rings (SSSR count). The Morgan fingerprint density at radius 3 is 2.31 bits per heavy atom. The molecular weight excluding hydrogens is 174 g/mol. The standard InChI is InChI=1S/C8H17NO4/c1-2-4-6(9)8(12)7(11)5(3-10)13-4/h4-8,10-12H,2-3,9H2,1H3/t4-,5?,6?,7-,8?/m1/s1. The average molecular weight is 191 g/mol. The van der Waals surface area contributed by atoms with E-state index in [4.69, 9.17) is 15.6 Å². The Morgan fingerprint density at radius 1 is 1.23 bits per heavy atom. The molecule has 1 aliphatic heterocycles. The van der Waals surface area contributed by atoms with Gasteiger partial charge < -0.3 is 25.8 Å². The van der Waals surface area contributed by atoms with Gasteiger partial charge in [-0.25, -0.2) is 0 Å². The molecule has 1 heterocycles. The van der Waals surface area contributed by atoms with Crippen molar-refractivity contribution in [3.63, 3.8) is 0 Å². The Bertz CT molecular complexity index is 146. The van der Waals surface area contributed by atoms with Crippen molar-refractivity contribution in [3.05, 3.63) is 0 Å². The summed E-state index contributed by atoms with van der Waals surface area (Å²) in [7, 11) is 0. The maximum Gasteiger partial charge on any atom is 0.110 e. The summed E-state index contributed by atoms with van der Waals surface area (Å²) in [5.74, 6) is 0. The predicted molar refractivity (Wildman–Crippen MR) is 46.0 cm³/mol. The molecule has 5 atom stereocenters. The van der Waals surface area contributed by atoms with Gasteiger partial charge in [-0.1, -0.05) is 6.92 Å². The molecule has 0 bridgehead atoms. The first kappa shape index (κ1) is 10.9. The lowest BCUT2D eigenvalue weighted by Gasteiger charge is -2.40. The van der Waals surface area contributed by atoms with Crippen LogP contribution in [0, 0.1) is 0 Å². The van der Waals surface area contributed by atoms with Crippen molar-refractivity contribution in [1.29, 1.82) is 0 Å². The van der Waals surface area contributed by atoms with Crippen molar-refractivity contribution in [2.24, 2.45) is 5.73 Å². The van der Waals surface area contributed by atoms with Crippen LogP contribution in [0.3, 0.4) is 0 Å². The summed E-state index contributed by atoms with van der Waals surface area (Å²) in [6.45, 7) is 1.57. The van der Waals surface area contributed by atoms with Gasteiger partial charge in [-0.15, -0.1) is 0 Å². The van der Waals surface area contributed by atoms with Gasteiger partial charge >= 0.3 is 0 Å². The molecular formula is C8H17NO4. The predicted octanol–water partition coefficient (Wildman–Crippen LogP) is -1.79. The van der Waals surface area contributed by atoms with Crippen molar-refractivity contribution in [2.75, 3.05) is 6.61 Å². The van der Waals surface area contributed by atoms with Gasteiger partial charge in [-0.2, -0.15) is 0 Å². The van der Waals surface area contributed by atoms with Gasteiger partial charge in [-0.05, 0) is 6.42 Å². The van der Waals surface area contributed by atoms with Crippen molar-refractivity contribution in [2.45, 2.75) is 43.8 Å². The number of aliphatic hydroxyl groups is 3. The molecule has 0 saturated carbocycles. The molecule has 1 aliphatic rings.